The fraction of sp³-hybridized carbons (Fsp3) is 0.562. The second-order valence-corrected chi connectivity index (χ2v) is 6.04. The van der Waals surface area contributed by atoms with E-state index in [1.54, 1.807) is 0 Å². The van der Waals surface area contributed by atoms with E-state index in [1.807, 2.05) is 11.0 Å². The first kappa shape index (κ1) is 13.0. The van der Waals surface area contributed by atoms with Gasteiger partial charge in [0.15, 0.2) is 0 Å². The van der Waals surface area contributed by atoms with E-state index in [0.717, 1.165) is 43.8 Å². The Morgan fingerprint density at radius 3 is 2.68 bits per heavy atom. The second kappa shape index (κ2) is 5.54. The molecule has 2 nitrogen and oxygen atoms in total. The molecule has 0 unspecified atom stereocenters. The minimum absolute atomic E-state index is 0.197. The third-order valence-electron chi connectivity index (χ3n) is 4.47. The van der Waals surface area contributed by atoms with E-state index in [4.69, 9.17) is 11.6 Å². The average molecular weight is 278 g/mol. The highest BCUT2D eigenvalue weighted by atomic mass is 35.5. The van der Waals surface area contributed by atoms with Crippen LogP contribution in [0.5, 0.6) is 0 Å². The summed E-state index contributed by atoms with van der Waals surface area (Å²) < 4.78 is 0. The second-order valence-electron chi connectivity index (χ2n) is 5.73. The number of amides is 1. The molecule has 0 spiro atoms. The molecular formula is C16H20ClNO. The number of likely N-dealkylation sites (tertiary alicyclic amines) is 1. The monoisotopic (exact) mass is 277 g/mol. The van der Waals surface area contributed by atoms with Crippen molar-refractivity contribution < 1.29 is 4.79 Å². The van der Waals surface area contributed by atoms with Crippen LogP contribution in [0.2, 0.25) is 0 Å². The fourth-order valence-electron chi connectivity index (χ4n) is 3.18. The van der Waals surface area contributed by atoms with Gasteiger partial charge in [0, 0.05) is 24.5 Å². The lowest BCUT2D eigenvalue weighted by Gasteiger charge is -2.31. The molecule has 1 aromatic carbocycles. The molecule has 3 heteroatoms. The normalized spacial score (nSPS) is 19.5. The molecule has 19 heavy (non-hydrogen) atoms. The van der Waals surface area contributed by atoms with Crippen molar-refractivity contribution in [1.29, 1.82) is 0 Å². The molecule has 1 amide bonds. The van der Waals surface area contributed by atoms with Gasteiger partial charge in [-0.3, -0.25) is 4.79 Å². The van der Waals surface area contributed by atoms with E-state index < -0.39 is 0 Å². The molecule has 0 aromatic heterocycles. The van der Waals surface area contributed by atoms with E-state index in [-0.39, 0.29) is 5.91 Å². The van der Waals surface area contributed by atoms with Gasteiger partial charge in [-0.2, -0.15) is 0 Å². The lowest BCUT2D eigenvalue weighted by molar-refractivity contribution is 0.0698. The highest BCUT2D eigenvalue weighted by molar-refractivity contribution is 6.18. The maximum Gasteiger partial charge on any atom is 0.253 e. The molecule has 1 fully saturated rings. The molecular weight excluding hydrogens is 258 g/mol. The molecule has 1 heterocycles. The molecule has 3 rings (SSSR count). The first-order valence-electron chi connectivity index (χ1n) is 7.25. The molecule has 2 aliphatic rings. The van der Waals surface area contributed by atoms with Crippen LogP contribution in [0.1, 0.15) is 40.7 Å². The summed E-state index contributed by atoms with van der Waals surface area (Å²) in [6, 6.07) is 6.25. The quantitative estimate of drug-likeness (QED) is 0.760. The SMILES string of the molecule is O=C(c1ccc2c(c1)CCC2)N1CCC(CCl)CC1. The maximum atomic E-state index is 12.5. The van der Waals surface area contributed by atoms with Gasteiger partial charge in [0.2, 0.25) is 0 Å². The Hall–Kier alpha value is -1.02. The summed E-state index contributed by atoms with van der Waals surface area (Å²) in [5, 5.41) is 0. The predicted molar refractivity (Wildman–Crippen MR) is 77.8 cm³/mol. The highest BCUT2D eigenvalue weighted by Gasteiger charge is 2.24. The van der Waals surface area contributed by atoms with Crippen molar-refractivity contribution in [3.63, 3.8) is 0 Å². The van der Waals surface area contributed by atoms with Gasteiger partial charge in [-0.05, 0) is 61.3 Å². The van der Waals surface area contributed by atoms with E-state index >= 15 is 0 Å². The number of piperidine rings is 1. The van der Waals surface area contributed by atoms with Crippen molar-refractivity contribution in [3.05, 3.63) is 34.9 Å². The molecule has 1 aromatic rings. The molecule has 102 valence electrons. The predicted octanol–water partition coefficient (Wildman–Crippen LogP) is 3.27. The van der Waals surface area contributed by atoms with Gasteiger partial charge in [0.05, 0.1) is 0 Å². The molecule has 0 atom stereocenters. The van der Waals surface area contributed by atoms with Crippen LogP contribution in [0, 0.1) is 5.92 Å². The number of carbonyl (C=O) groups is 1. The van der Waals surface area contributed by atoms with Crippen molar-refractivity contribution in [2.75, 3.05) is 19.0 Å². The zero-order valence-electron chi connectivity index (χ0n) is 11.2. The number of hydrogen-bond acceptors (Lipinski definition) is 1. The van der Waals surface area contributed by atoms with Gasteiger partial charge >= 0.3 is 0 Å². The molecule has 1 aliphatic carbocycles. The van der Waals surface area contributed by atoms with Gasteiger partial charge in [-0.1, -0.05) is 6.07 Å². The summed E-state index contributed by atoms with van der Waals surface area (Å²) in [5.74, 6) is 1.51. The molecule has 0 bridgehead atoms. The van der Waals surface area contributed by atoms with Gasteiger partial charge < -0.3 is 4.90 Å². The molecule has 0 saturated carbocycles. The third-order valence-corrected chi connectivity index (χ3v) is 4.90. The number of aryl methyl sites for hydroxylation is 2. The third kappa shape index (κ3) is 2.64. The van der Waals surface area contributed by atoms with Crippen molar-refractivity contribution in [3.8, 4) is 0 Å². The summed E-state index contributed by atoms with van der Waals surface area (Å²) in [5.41, 5.74) is 3.67. The van der Waals surface area contributed by atoms with E-state index in [0.29, 0.717) is 5.92 Å². The summed E-state index contributed by atoms with van der Waals surface area (Å²) in [7, 11) is 0. The van der Waals surface area contributed by atoms with E-state index in [1.165, 1.54) is 24.0 Å². The number of rotatable bonds is 2. The van der Waals surface area contributed by atoms with E-state index in [9.17, 15) is 4.79 Å². The fourth-order valence-corrected chi connectivity index (χ4v) is 3.49. The smallest absolute Gasteiger partial charge is 0.253 e. The zero-order chi connectivity index (χ0) is 13.2. The molecule has 1 aliphatic heterocycles. The number of halogens is 1. The van der Waals surface area contributed by atoms with Crippen molar-refractivity contribution in [1.82, 2.24) is 4.90 Å². The largest absolute Gasteiger partial charge is 0.339 e. The summed E-state index contributed by atoms with van der Waals surface area (Å²) in [6.45, 7) is 1.71. The Kier molecular flexibility index (Phi) is 3.79. The maximum absolute atomic E-state index is 12.5. The van der Waals surface area contributed by atoms with Crippen LogP contribution in [0.25, 0.3) is 0 Å². The van der Waals surface area contributed by atoms with Crippen LogP contribution in [-0.4, -0.2) is 29.8 Å². The van der Waals surface area contributed by atoms with Crippen LogP contribution in [0.15, 0.2) is 18.2 Å². The summed E-state index contributed by atoms with van der Waals surface area (Å²) in [4.78, 5) is 14.5. The zero-order valence-corrected chi connectivity index (χ0v) is 12.0. The van der Waals surface area contributed by atoms with Crippen LogP contribution >= 0.6 is 11.6 Å². The number of nitrogens with zero attached hydrogens (tertiary/aromatic N) is 1. The number of hydrogen-bond donors (Lipinski definition) is 0. The van der Waals surface area contributed by atoms with Crippen LogP contribution < -0.4 is 0 Å². The van der Waals surface area contributed by atoms with Crippen molar-refractivity contribution in [2.45, 2.75) is 32.1 Å². The number of fused-ring (bicyclic) bond motifs is 1. The lowest BCUT2D eigenvalue weighted by atomic mass is 9.98. The number of carbonyl (C=O) groups excluding carboxylic acids is 1. The Morgan fingerprint density at radius 1 is 1.21 bits per heavy atom. The molecule has 1 saturated heterocycles. The van der Waals surface area contributed by atoms with E-state index in [2.05, 4.69) is 12.1 Å². The highest BCUT2D eigenvalue weighted by Crippen LogP contribution is 2.25. The van der Waals surface area contributed by atoms with Crippen LogP contribution in [0.4, 0.5) is 0 Å². The van der Waals surface area contributed by atoms with Crippen LogP contribution in [-0.2, 0) is 12.8 Å². The van der Waals surface area contributed by atoms with Crippen molar-refractivity contribution in [2.24, 2.45) is 5.92 Å². The first-order chi connectivity index (χ1) is 9.28. The molecule has 0 N–H and O–H groups in total. The van der Waals surface area contributed by atoms with Gasteiger partial charge in [0.1, 0.15) is 0 Å². The number of alkyl halides is 1. The standard InChI is InChI=1S/C16H20ClNO/c17-11-12-6-8-18(9-7-12)16(19)15-5-4-13-2-1-3-14(13)10-15/h4-5,10,12H,1-3,6-9,11H2. The Balaban J connectivity index is 1.70. The summed E-state index contributed by atoms with van der Waals surface area (Å²) >= 11 is 5.89. The number of benzene rings is 1. The van der Waals surface area contributed by atoms with Crippen molar-refractivity contribution >= 4 is 17.5 Å². The Bertz CT molecular complexity index is 478. The minimum Gasteiger partial charge on any atom is -0.339 e. The molecule has 0 radical (unpaired) electrons. The topological polar surface area (TPSA) is 20.3 Å². The lowest BCUT2D eigenvalue weighted by Crippen LogP contribution is -2.38. The first-order valence-corrected chi connectivity index (χ1v) is 7.78. The van der Waals surface area contributed by atoms with Gasteiger partial charge in [0.25, 0.3) is 5.91 Å². The van der Waals surface area contributed by atoms with Gasteiger partial charge in [-0.25, -0.2) is 0 Å². The summed E-state index contributed by atoms with van der Waals surface area (Å²) in [6.07, 6.45) is 5.62. The van der Waals surface area contributed by atoms with Gasteiger partial charge in [-0.15, -0.1) is 11.6 Å². The van der Waals surface area contributed by atoms with Crippen LogP contribution in [0.3, 0.4) is 0 Å². The minimum atomic E-state index is 0.197. The Labute approximate surface area is 119 Å². The average Bonchev–Trinajstić information content (AvgIpc) is 2.94. The Morgan fingerprint density at radius 2 is 1.95 bits per heavy atom.